The summed E-state index contributed by atoms with van der Waals surface area (Å²) >= 11 is 11.7. The summed E-state index contributed by atoms with van der Waals surface area (Å²) in [6, 6.07) is 10.3. The summed E-state index contributed by atoms with van der Waals surface area (Å²) in [4.78, 5) is 10.1. The van der Waals surface area contributed by atoms with E-state index < -0.39 is 4.92 Å². The molecule has 2 aromatic rings. The first-order chi connectivity index (χ1) is 10.4. The van der Waals surface area contributed by atoms with Crippen molar-refractivity contribution in [1.29, 1.82) is 5.26 Å². The lowest BCUT2D eigenvalue weighted by molar-refractivity contribution is -0.384. The Kier molecular flexibility index (Phi) is 4.66. The van der Waals surface area contributed by atoms with Crippen LogP contribution in [0.5, 0.6) is 5.75 Å². The smallest absolute Gasteiger partial charge is 0.269 e. The third-order valence-electron chi connectivity index (χ3n) is 2.87. The number of rotatable bonds is 3. The Hall–Kier alpha value is -2.55. The van der Waals surface area contributed by atoms with Crippen LogP contribution in [0.1, 0.15) is 11.1 Å². The molecule has 0 spiro atoms. The minimum atomic E-state index is -0.526. The van der Waals surface area contributed by atoms with E-state index in [2.05, 4.69) is 0 Å². The highest BCUT2D eigenvalue weighted by Gasteiger charge is 2.10. The SMILES string of the molecule is N#C/C(=C/c1cc(Cl)cc(Cl)c1O)c1ccc([N+](=O)[O-])cc1. The zero-order chi connectivity index (χ0) is 16.3. The summed E-state index contributed by atoms with van der Waals surface area (Å²) < 4.78 is 0. The second kappa shape index (κ2) is 6.48. The van der Waals surface area contributed by atoms with Crippen molar-refractivity contribution in [3.8, 4) is 11.8 Å². The Morgan fingerprint density at radius 3 is 2.45 bits per heavy atom. The van der Waals surface area contributed by atoms with Crippen molar-refractivity contribution in [3.05, 3.63) is 67.7 Å². The molecule has 0 bridgehead atoms. The van der Waals surface area contributed by atoms with Gasteiger partial charge < -0.3 is 5.11 Å². The molecule has 0 fully saturated rings. The molecular formula is C15H8Cl2N2O3. The van der Waals surface area contributed by atoms with Crippen LogP contribution in [0.4, 0.5) is 5.69 Å². The highest BCUT2D eigenvalue weighted by atomic mass is 35.5. The standard InChI is InChI=1S/C15H8Cl2N2O3/c16-12-6-10(15(20)14(17)7-12)5-11(8-18)9-1-3-13(4-2-9)19(21)22/h1-7,20H/b11-5-. The molecule has 0 amide bonds. The summed E-state index contributed by atoms with van der Waals surface area (Å²) in [5.41, 5.74) is 0.897. The predicted molar refractivity (Wildman–Crippen MR) is 84.7 cm³/mol. The van der Waals surface area contributed by atoms with Crippen molar-refractivity contribution in [3.63, 3.8) is 0 Å². The van der Waals surface area contributed by atoms with Crippen LogP contribution in [0.2, 0.25) is 10.0 Å². The summed E-state index contributed by atoms with van der Waals surface area (Å²) in [5.74, 6) is -0.194. The number of nitriles is 1. The molecule has 2 rings (SSSR count). The number of phenols is 1. The van der Waals surface area contributed by atoms with Gasteiger partial charge in [-0.2, -0.15) is 5.26 Å². The van der Waals surface area contributed by atoms with Crippen molar-refractivity contribution in [2.24, 2.45) is 0 Å². The third-order valence-corrected chi connectivity index (χ3v) is 3.37. The van der Waals surface area contributed by atoms with E-state index in [1.807, 2.05) is 6.07 Å². The minimum absolute atomic E-state index is 0.0692. The van der Waals surface area contributed by atoms with Gasteiger partial charge >= 0.3 is 0 Å². The van der Waals surface area contributed by atoms with Crippen molar-refractivity contribution in [1.82, 2.24) is 0 Å². The van der Waals surface area contributed by atoms with Crippen LogP contribution in [0.15, 0.2) is 36.4 Å². The van der Waals surface area contributed by atoms with Gasteiger partial charge in [-0.25, -0.2) is 0 Å². The first-order valence-corrected chi connectivity index (χ1v) is 6.72. The molecular weight excluding hydrogens is 327 g/mol. The second-order valence-electron chi connectivity index (χ2n) is 4.30. The number of nitro groups is 1. The highest BCUT2D eigenvalue weighted by Crippen LogP contribution is 2.33. The number of phenolic OH excluding ortho intramolecular Hbond substituents is 1. The fourth-order valence-electron chi connectivity index (χ4n) is 1.79. The fourth-order valence-corrected chi connectivity index (χ4v) is 2.30. The molecule has 2 aromatic carbocycles. The third kappa shape index (κ3) is 3.37. The number of nitrogens with zero attached hydrogens (tertiary/aromatic N) is 2. The Labute approximate surface area is 135 Å². The number of hydrogen-bond donors (Lipinski definition) is 1. The van der Waals surface area contributed by atoms with Gasteiger partial charge in [0.25, 0.3) is 5.69 Å². The molecule has 0 aliphatic rings. The highest BCUT2D eigenvalue weighted by molar-refractivity contribution is 6.35. The van der Waals surface area contributed by atoms with E-state index in [1.165, 1.54) is 42.5 Å². The quantitative estimate of drug-likeness (QED) is 0.382. The molecule has 0 heterocycles. The summed E-state index contributed by atoms with van der Waals surface area (Å²) in [5, 5.41) is 30.2. The molecule has 22 heavy (non-hydrogen) atoms. The molecule has 0 saturated heterocycles. The van der Waals surface area contributed by atoms with Gasteiger partial charge in [0.05, 0.1) is 21.6 Å². The molecule has 0 aromatic heterocycles. The number of non-ortho nitro benzene ring substituents is 1. The number of aromatic hydroxyl groups is 1. The zero-order valence-corrected chi connectivity index (χ0v) is 12.5. The fraction of sp³-hybridized carbons (Fsp3) is 0. The van der Waals surface area contributed by atoms with E-state index in [1.54, 1.807) is 0 Å². The number of benzene rings is 2. The van der Waals surface area contributed by atoms with Crippen molar-refractivity contribution in [2.45, 2.75) is 0 Å². The van der Waals surface area contributed by atoms with Crippen LogP contribution in [0.3, 0.4) is 0 Å². The number of allylic oxidation sites excluding steroid dienone is 1. The molecule has 0 unspecified atom stereocenters. The van der Waals surface area contributed by atoms with Crippen molar-refractivity contribution < 1.29 is 10.0 Å². The van der Waals surface area contributed by atoms with Gasteiger partial charge in [0, 0.05) is 22.7 Å². The van der Waals surface area contributed by atoms with Gasteiger partial charge in [0.2, 0.25) is 0 Å². The van der Waals surface area contributed by atoms with Crippen LogP contribution >= 0.6 is 23.2 Å². The number of hydrogen-bond acceptors (Lipinski definition) is 4. The van der Waals surface area contributed by atoms with Crippen LogP contribution in [-0.4, -0.2) is 10.0 Å². The van der Waals surface area contributed by atoms with Crippen LogP contribution in [0.25, 0.3) is 11.6 Å². The Morgan fingerprint density at radius 2 is 1.91 bits per heavy atom. The van der Waals surface area contributed by atoms with Gasteiger partial charge in [0.15, 0.2) is 0 Å². The van der Waals surface area contributed by atoms with Gasteiger partial charge in [0.1, 0.15) is 5.75 Å². The summed E-state index contributed by atoms with van der Waals surface area (Å²) in [7, 11) is 0. The monoisotopic (exact) mass is 334 g/mol. The van der Waals surface area contributed by atoms with Gasteiger partial charge in [-0.05, 0) is 35.9 Å². The zero-order valence-electron chi connectivity index (χ0n) is 11.0. The van der Waals surface area contributed by atoms with E-state index in [9.17, 15) is 20.5 Å². The molecule has 0 atom stereocenters. The van der Waals surface area contributed by atoms with Crippen LogP contribution in [-0.2, 0) is 0 Å². The first kappa shape index (κ1) is 15.8. The molecule has 5 nitrogen and oxygen atoms in total. The predicted octanol–water partition coefficient (Wildman–Crippen LogP) is 4.67. The van der Waals surface area contributed by atoms with E-state index in [0.717, 1.165) is 0 Å². The lowest BCUT2D eigenvalue weighted by Crippen LogP contribution is -1.88. The largest absolute Gasteiger partial charge is 0.506 e. The van der Waals surface area contributed by atoms with E-state index in [4.69, 9.17) is 23.2 Å². The Morgan fingerprint density at radius 1 is 1.27 bits per heavy atom. The second-order valence-corrected chi connectivity index (χ2v) is 5.14. The lowest BCUT2D eigenvalue weighted by Gasteiger charge is -2.04. The molecule has 0 aliphatic heterocycles. The van der Waals surface area contributed by atoms with E-state index >= 15 is 0 Å². The number of nitro benzene ring substituents is 1. The normalized spacial score (nSPS) is 11.0. The van der Waals surface area contributed by atoms with E-state index in [-0.39, 0.29) is 27.6 Å². The molecule has 0 aliphatic carbocycles. The minimum Gasteiger partial charge on any atom is -0.506 e. The summed E-state index contributed by atoms with van der Waals surface area (Å²) in [6.07, 6.45) is 1.41. The maximum atomic E-state index is 10.6. The maximum Gasteiger partial charge on any atom is 0.269 e. The van der Waals surface area contributed by atoms with Gasteiger partial charge in [-0.1, -0.05) is 23.2 Å². The lowest BCUT2D eigenvalue weighted by atomic mass is 10.0. The van der Waals surface area contributed by atoms with Crippen LogP contribution < -0.4 is 0 Å². The molecule has 0 saturated carbocycles. The van der Waals surface area contributed by atoms with Gasteiger partial charge in [-0.3, -0.25) is 10.1 Å². The average molecular weight is 335 g/mol. The van der Waals surface area contributed by atoms with Crippen LogP contribution in [0, 0.1) is 21.4 Å². The number of halogens is 2. The topological polar surface area (TPSA) is 87.2 Å². The maximum absolute atomic E-state index is 10.6. The van der Waals surface area contributed by atoms with Gasteiger partial charge in [-0.15, -0.1) is 0 Å². The molecule has 1 N–H and O–H groups in total. The molecule has 7 heteroatoms. The Balaban J connectivity index is 2.48. The molecule has 0 radical (unpaired) electrons. The average Bonchev–Trinajstić information content (AvgIpc) is 2.49. The van der Waals surface area contributed by atoms with E-state index in [0.29, 0.717) is 10.6 Å². The van der Waals surface area contributed by atoms with Crippen molar-refractivity contribution in [2.75, 3.05) is 0 Å². The summed E-state index contributed by atoms with van der Waals surface area (Å²) in [6.45, 7) is 0. The molecule has 110 valence electrons. The Bertz CT molecular complexity index is 809. The first-order valence-electron chi connectivity index (χ1n) is 5.97. The van der Waals surface area contributed by atoms with Crippen molar-refractivity contribution >= 4 is 40.5 Å².